The van der Waals surface area contributed by atoms with E-state index in [2.05, 4.69) is 20.9 Å². The minimum Gasteiger partial charge on any atom is -0.224 e. The Morgan fingerprint density at radius 2 is 1.79 bits per heavy atom. The zero-order valence-corrected chi connectivity index (χ0v) is 10.7. The first kappa shape index (κ1) is 10.4. The van der Waals surface area contributed by atoms with E-state index in [1.807, 2.05) is 11.4 Å². The van der Waals surface area contributed by atoms with Crippen molar-refractivity contribution in [3.63, 3.8) is 0 Å². The lowest BCUT2D eigenvalue weighted by atomic mass is 10.2. The van der Waals surface area contributed by atoms with Crippen LogP contribution in [0.4, 0.5) is 0 Å². The minimum atomic E-state index is 0.414. The van der Waals surface area contributed by atoms with Crippen LogP contribution < -0.4 is 0 Å². The summed E-state index contributed by atoms with van der Waals surface area (Å²) in [6.45, 7) is 0. The molecule has 72 valence electrons. The molecule has 0 saturated heterocycles. The summed E-state index contributed by atoms with van der Waals surface area (Å²) >= 11 is 16.6. The molecule has 0 spiro atoms. The van der Waals surface area contributed by atoms with E-state index in [0.717, 1.165) is 14.9 Å². The molecule has 2 aromatic heterocycles. The maximum absolute atomic E-state index is 5.80. The van der Waals surface area contributed by atoms with E-state index in [1.54, 1.807) is 23.5 Å². The zero-order valence-electron chi connectivity index (χ0n) is 6.80. The normalized spacial score (nSPS) is 10.5. The zero-order chi connectivity index (χ0) is 10.1. The number of thiophene rings is 1. The van der Waals surface area contributed by atoms with Gasteiger partial charge in [0.15, 0.2) is 0 Å². The highest BCUT2D eigenvalue weighted by Gasteiger charge is 2.04. The summed E-state index contributed by atoms with van der Waals surface area (Å²) in [6, 6.07) is 5.62. The number of halogens is 3. The Balaban J connectivity index is 2.51. The Hall–Kier alpha value is -0.0900. The van der Waals surface area contributed by atoms with Crippen LogP contribution >= 0.6 is 50.5 Å². The largest absolute Gasteiger partial charge is 0.224 e. The Morgan fingerprint density at radius 3 is 2.29 bits per heavy atom. The molecule has 2 rings (SSSR count). The van der Waals surface area contributed by atoms with Crippen molar-refractivity contribution in [2.45, 2.75) is 0 Å². The van der Waals surface area contributed by atoms with Crippen molar-refractivity contribution in [3.05, 3.63) is 38.4 Å². The summed E-state index contributed by atoms with van der Waals surface area (Å²) in [5, 5.41) is 2.84. The predicted molar refractivity (Wildman–Crippen MR) is 65.3 cm³/mol. The van der Waals surface area contributed by atoms with Gasteiger partial charge in [0.25, 0.3) is 0 Å². The van der Waals surface area contributed by atoms with Crippen molar-refractivity contribution >= 4 is 50.5 Å². The van der Waals surface area contributed by atoms with Crippen molar-refractivity contribution in [3.8, 4) is 10.4 Å². The molecular formula is C9H4BrCl2NS. The van der Waals surface area contributed by atoms with Crippen molar-refractivity contribution < 1.29 is 0 Å². The van der Waals surface area contributed by atoms with Crippen LogP contribution in [-0.2, 0) is 0 Å². The fourth-order valence-electron chi connectivity index (χ4n) is 1.07. The Kier molecular flexibility index (Phi) is 3.12. The molecular weight excluding hydrogens is 305 g/mol. The second-order valence-corrected chi connectivity index (χ2v) is 5.23. The highest BCUT2D eigenvalue weighted by Crippen LogP contribution is 2.32. The molecule has 0 aromatic carbocycles. The van der Waals surface area contributed by atoms with Gasteiger partial charge in [0.2, 0.25) is 0 Å². The Bertz CT molecular complexity index is 449. The summed E-state index contributed by atoms with van der Waals surface area (Å²) in [5.74, 6) is 0. The molecule has 2 heterocycles. The van der Waals surface area contributed by atoms with Crippen molar-refractivity contribution in [1.82, 2.24) is 4.98 Å². The molecule has 5 heteroatoms. The average molecular weight is 309 g/mol. The number of pyridine rings is 1. The molecule has 0 radical (unpaired) electrons. The molecule has 0 N–H and O–H groups in total. The Morgan fingerprint density at radius 1 is 1.14 bits per heavy atom. The standard InChI is InChI=1S/C9H4BrCl2NS/c10-6-3-7(14-4-6)5-1-8(11)13-9(12)2-5/h1-4H. The lowest BCUT2D eigenvalue weighted by molar-refractivity contribution is 1.33. The van der Waals surface area contributed by atoms with Gasteiger partial charge in [0.05, 0.1) is 0 Å². The fourth-order valence-corrected chi connectivity index (χ4v) is 2.95. The first-order valence-corrected chi connectivity index (χ1v) is 6.15. The van der Waals surface area contributed by atoms with E-state index < -0.39 is 0 Å². The third-order valence-corrected chi connectivity index (χ3v) is 3.74. The number of hydrogen-bond acceptors (Lipinski definition) is 2. The summed E-state index contributed by atoms with van der Waals surface area (Å²) in [4.78, 5) is 5.00. The van der Waals surface area contributed by atoms with Gasteiger partial charge in [0, 0.05) is 14.7 Å². The lowest BCUT2D eigenvalue weighted by Gasteiger charge is -1.98. The van der Waals surface area contributed by atoms with Crippen molar-refractivity contribution in [2.75, 3.05) is 0 Å². The van der Waals surface area contributed by atoms with E-state index in [-0.39, 0.29) is 0 Å². The highest BCUT2D eigenvalue weighted by molar-refractivity contribution is 9.10. The van der Waals surface area contributed by atoms with Gasteiger partial charge in [0.1, 0.15) is 10.3 Å². The van der Waals surface area contributed by atoms with Crippen molar-refractivity contribution in [1.29, 1.82) is 0 Å². The van der Waals surface area contributed by atoms with Crippen molar-refractivity contribution in [2.24, 2.45) is 0 Å². The third-order valence-electron chi connectivity index (χ3n) is 1.61. The third kappa shape index (κ3) is 2.28. The molecule has 0 bridgehead atoms. The van der Waals surface area contributed by atoms with Gasteiger partial charge in [-0.25, -0.2) is 4.98 Å². The van der Waals surface area contributed by atoms with E-state index in [4.69, 9.17) is 23.2 Å². The molecule has 0 aliphatic rings. The fraction of sp³-hybridized carbons (Fsp3) is 0. The maximum Gasteiger partial charge on any atom is 0.131 e. The average Bonchev–Trinajstić information content (AvgIpc) is 2.50. The lowest BCUT2D eigenvalue weighted by Crippen LogP contribution is -1.79. The maximum atomic E-state index is 5.80. The van der Waals surface area contributed by atoms with Crippen LogP contribution in [-0.4, -0.2) is 4.98 Å². The first-order valence-electron chi connectivity index (χ1n) is 3.72. The molecule has 0 aliphatic heterocycles. The van der Waals surface area contributed by atoms with Crippen LogP contribution in [0.25, 0.3) is 10.4 Å². The number of rotatable bonds is 1. The van der Waals surface area contributed by atoms with E-state index in [1.165, 1.54) is 0 Å². The second kappa shape index (κ2) is 4.19. The van der Waals surface area contributed by atoms with Crippen LogP contribution in [0.1, 0.15) is 0 Å². The molecule has 0 saturated carbocycles. The van der Waals surface area contributed by atoms with Gasteiger partial charge in [-0.2, -0.15) is 0 Å². The van der Waals surface area contributed by atoms with E-state index in [9.17, 15) is 0 Å². The van der Waals surface area contributed by atoms with Gasteiger partial charge < -0.3 is 0 Å². The molecule has 1 nitrogen and oxygen atoms in total. The summed E-state index contributed by atoms with van der Waals surface area (Å²) in [6.07, 6.45) is 0. The summed E-state index contributed by atoms with van der Waals surface area (Å²) in [5.41, 5.74) is 0.991. The van der Waals surface area contributed by atoms with Crippen LogP contribution in [0.3, 0.4) is 0 Å². The monoisotopic (exact) mass is 307 g/mol. The van der Waals surface area contributed by atoms with E-state index >= 15 is 0 Å². The summed E-state index contributed by atoms with van der Waals surface area (Å²) < 4.78 is 1.06. The minimum absolute atomic E-state index is 0.414. The number of aromatic nitrogens is 1. The molecule has 0 amide bonds. The Labute approximate surface area is 104 Å². The second-order valence-electron chi connectivity index (χ2n) is 2.63. The van der Waals surface area contributed by atoms with Crippen LogP contribution in [0, 0.1) is 0 Å². The van der Waals surface area contributed by atoms with Crippen LogP contribution in [0.15, 0.2) is 28.1 Å². The van der Waals surface area contributed by atoms with Gasteiger partial charge in [-0.3, -0.25) is 0 Å². The van der Waals surface area contributed by atoms with Gasteiger partial charge in [-0.15, -0.1) is 11.3 Å². The van der Waals surface area contributed by atoms with Gasteiger partial charge in [-0.1, -0.05) is 23.2 Å². The van der Waals surface area contributed by atoms with Crippen LogP contribution in [0.5, 0.6) is 0 Å². The smallest absolute Gasteiger partial charge is 0.131 e. The first-order chi connectivity index (χ1) is 6.65. The molecule has 0 aliphatic carbocycles. The molecule has 2 aromatic rings. The molecule has 0 fully saturated rings. The molecule has 0 atom stereocenters. The summed E-state index contributed by atoms with van der Waals surface area (Å²) in [7, 11) is 0. The molecule has 14 heavy (non-hydrogen) atoms. The van der Waals surface area contributed by atoms with Gasteiger partial charge in [-0.05, 0) is 39.7 Å². The predicted octanol–water partition coefficient (Wildman–Crippen LogP) is 4.88. The number of hydrogen-bond donors (Lipinski definition) is 0. The highest BCUT2D eigenvalue weighted by atomic mass is 79.9. The molecule has 0 unspecified atom stereocenters. The van der Waals surface area contributed by atoms with Gasteiger partial charge >= 0.3 is 0 Å². The SMILES string of the molecule is Clc1cc(-c2cc(Br)cs2)cc(Cl)n1. The topological polar surface area (TPSA) is 12.9 Å². The quantitative estimate of drug-likeness (QED) is 0.684. The van der Waals surface area contributed by atoms with Crippen LogP contribution in [0.2, 0.25) is 10.3 Å². The van der Waals surface area contributed by atoms with E-state index in [0.29, 0.717) is 10.3 Å². The number of nitrogens with zero attached hydrogens (tertiary/aromatic N) is 1.